The Morgan fingerprint density at radius 3 is 2.67 bits per heavy atom. The van der Waals surface area contributed by atoms with E-state index in [0.29, 0.717) is 0 Å². The summed E-state index contributed by atoms with van der Waals surface area (Å²) in [7, 11) is 0. The zero-order valence-electron chi connectivity index (χ0n) is 12.1. The van der Waals surface area contributed by atoms with Gasteiger partial charge in [-0.05, 0) is 43.7 Å². The van der Waals surface area contributed by atoms with Crippen LogP contribution < -0.4 is 5.32 Å². The first-order valence-corrected chi connectivity index (χ1v) is 6.88. The summed E-state index contributed by atoms with van der Waals surface area (Å²) in [6, 6.07) is 14.0. The van der Waals surface area contributed by atoms with Gasteiger partial charge in [0, 0.05) is 6.20 Å². The molecule has 0 aliphatic carbocycles. The third kappa shape index (κ3) is 2.91. The lowest BCUT2D eigenvalue weighted by atomic mass is 10.2. The molecule has 106 valence electrons. The summed E-state index contributed by atoms with van der Waals surface area (Å²) in [5.41, 5.74) is 2.17. The van der Waals surface area contributed by atoms with Crippen LogP contribution in [0.1, 0.15) is 24.4 Å². The van der Waals surface area contributed by atoms with Crippen LogP contribution in [0.25, 0.3) is 5.69 Å². The summed E-state index contributed by atoms with van der Waals surface area (Å²) in [5, 5.41) is 7.67. The fourth-order valence-electron chi connectivity index (χ4n) is 2.22. The molecule has 5 heteroatoms. The minimum atomic E-state index is 0.00186. The molecule has 0 amide bonds. The van der Waals surface area contributed by atoms with E-state index in [1.54, 1.807) is 12.5 Å². The number of hydrogen-bond acceptors (Lipinski definition) is 4. The van der Waals surface area contributed by atoms with E-state index in [0.717, 1.165) is 17.3 Å². The van der Waals surface area contributed by atoms with Gasteiger partial charge in [0.15, 0.2) is 5.82 Å². The van der Waals surface area contributed by atoms with Crippen LogP contribution in [0, 0.1) is 6.92 Å². The standard InChI is InChI=1S/C16H17N5/c1-12-8-9-17-15(10-12)20-13(2)16-18-11-19-21(16)14-6-4-3-5-7-14/h3-11,13H,1-2H3,(H,17,20). The number of nitrogens with one attached hydrogen (secondary N) is 1. The number of rotatable bonds is 4. The minimum absolute atomic E-state index is 0.00186. The maximum absolute atomic E-state index is 4.37. The van der Waals surface area contributed by atoms with E-state index in [4.69, 9.17) is 0 Å². The van der Waals surface area contributed by atoms with E-state index in [-0.39, 0.29) is 6.04 Å². The van der Waals surface area contributed by atoms with Gasteiger partial charge < -0.3 is 5.32 Å². The number of para-hydroxylation sites is 1. The normalized spacial score (nSPS) is 12.1. The fraction of sp³-hybridized carbons (Fsp3) is 0.188. The number of anilines is 1. The first-order chi connectivity index (χ1) is 10.2. The molecule has 1 aromatic carbocycles. The van der Waals surface area contributed by atoms with Gasteiger partial charge in [-0.1, -0.05) is 18.2 Å². The van der Waals surface area contributed by atoms with Crippen LogP contribution in [0.2, 0.25) is 0 Å². The van der Waals surface area contributed by atoms with Crippen LogP contribution >= 0.6 is 0 Å². The Kier molecular flexibility index (Phi) is 3.64. The van der Waals surface area contributed by atoms with Gasteiger partial charge in [0.1, 0.15) is 12.1 Å². The zero-order chi connectivity index (χ0) is 14.7. The Hall–Kier alpha value is -2.69. The molecule has 0 saturated heterocycles. The maximum atomic E-state index is 4.37. The first-order valence-electron chi connectivity index (χ1n) is 6.88. The van der Waals surface area contributed by atoms with E-state index < -0.39 is 0 Å². The first kappa shape index (κ1) is 13.3. The summed E-state index contributed by atoms with van der Waals surface area (Å²) < 4.78 is 1.84. The highest BCUT2D eigenvalue weighted by Gasteiger charge is 2.14. The van der Waals surface area contributed by atoms with Crippen LogP contribution in [0.15, 0.2) is 55.0 Å². The second-order valence-corrected chi connectivity index (χ2v) is 4.95. The Balaban J connectivity index is 1.86. The molecule has 0 radical (unpaired) electrons. The lowest BCUT2D eigenvalue weighted by molar-refractivity contribution is 0.721. The molecule has 3 rings (SSSR count). The molecular formula is C16H17N5. The number of nitrogens with zero attached hydrogens (tertiary/aromatic N) is 4. The third-order valence-corrected chi connectivity index (χ3v) is 3.24. The van der Waals surface area contributed by atoms with E-state index >= 15 is 0 Å². The fourth-order valence-corrected chi connectivity index (χ4v) is 2.22. The van der Waals surface area contributed by atoms with Gasteiger partial charge in [-0.15, -0.1) is 0 Å². The monoisotopic (exact) mass is 279 g/mol. The van der Waals surface area contributed by atoms with Crippen molar-refractivity contribution in [2.75, 3.05) is 5.32 Å². The van der Waals surface area contributed by atoms with Gasteiger partial charge >= 0.3 is 0 Å². The molecule has 0 spiro atoms. The van der Waals surface area contributed by atoms with Gasteiger partial charge in [-0.25, -0.2) is 14.6 Å². The second kappa shape index (κ2) is 5.75. The molecule has 1 atom stereocenters. The molecule has 2 heterocycles. The van der Waals surface area contributed by atoms with Gasteiger partial charge in [0.25, 0.3) is 0 Å². The van der Waals surface area contributed by atoms with Gasteiger partial charge in [-0.2, -0.15) is 5.10 Å². The second-order valence-electron chi connectivity index (χ2n) is 4.95. The lowest BCUT2D eigenvalue weighted by Crippen LogP contribution is -2.14. The number of hydrogen-bond donors (Lipinski definition) is 1. The summed E-state index contributed by atoms with van der Waals surface area (Å²) in [6.07, 6.45) is 3.37. The number of aryl methyl sites for hydroxylation is 1. The summed E-state index contributed by atoms with van der Waals surface area (Å²) in [5.74, 6) is 1.69. The average molecular weight is 279 g/mol. The van der Waals surface area contributed by atoms with Crippen LogP contribution in [0.5, 0.6) is 0 Å². The summed E-state index contributed by atoms with van der Waals surface area (Å²) in [6.45, 7) is 4.09. The van der Waals surface area contributed by atoms with Crippen molar-refractivity contribution in [3.63, 3.8) is 0 Å². The molecule has 0 bridgehead atoms. The van der Waals surface area contributed by atoms with E-state index in [2.05, 4.69) is 20.4 Å². The Bertz CT molecular complexity index is 720. The van der Waals surface area contributed by atoms with Gasteiger partial charge in [0.2, 0.25) is 0 Å². The number of aromatic nitrogens is 4. The highest BCUT2D eigenvalue weighted by atomic mass is 15.3. The molecule has 1 unspecified atom stereocenters. The number of pyridine rings is 1. The molecule has 21 heavy (non-hydrogen) atoms. The van der Waals surface area contributed by atoms with Crippen LogP contribution in [-0.2, 0) is 0 Å². The predicted octanol–water partition coefficient (Wildman–Crippen LogP) is 3.14. The largest absolute Gasteiger partial charge is 0.360 e. The van der Waals surface area contributed by atoms with Gasteiger partial charge in [-0.3, -0.25) is 0 Å². The molecule has 5 nitrogen and oxygen atoms in total. The third-order valence-electron chi connectivity index (χ3n) is 3.24. The van der Waals surface area contributed by atoms with Crippen molar-refractivity contribution in [2.45, 2.75) is 19.9 Å². The Labute approximate surface area is 123 Å². The maximum Gasteiger partial charge on any atom is 0.154 e. The van der Waals surface area contributed by atoms with Gasteiger partial charge in [0.05, 0.1) is 11.7 Å². The molecule has 0 aliphatic rings. The van der Waals surface area contributed by atoms with Crippen molar-refractivity contribution in [2.24, 2.45) is 0 Å². The Morgan fingerprint density at radius 2 is 1.90 bits per heavy atom. The topological polar surface area (TPSA) is 55.6 Å². The number of benzene rings is 1. The van der Waals surface area contributed by atoms with E-state index in [1.165, 1.54) is 5.56 Å². The van der Waals surface area contributed by atoms with Crippen molar-refractivity contribution in [3.8, 4) is 5.69 Å². The smallest absolute Gasteiger partial charge is 0.154 e. The highest BCUT2D eigenvalue weighted by Crippen LogP contribution is 2.18. The minimum Gasteiger partial charge on any atom is -0.360 e. The van der Waals surface area contributed by atoms with Crippen molar-refractivity contribution in [1.29, 1.82) is 0 Å². The Morgan fingerprint density at radius 1 is 1.10 bits per heavy atom. The molecule has 1 N–H and O–H groups in total. The van der Waals surface area contributed by atoms with Crippen LogP contribution in [0.4, 0.5) is 5.82 Å². The van der Waals surface area contributed by atoms with Crippen molar-refractivity contribution >= 4 is 5.82 Å². The average Bonchev–Trinajstić information content (AvgIpc) is 2.98. The van der Waals surface area contributed by atoms with E-state index in [9.17, 15) is 0 Å². The molecule has 0 aliphatic heterocycles. The van der Waals surface area contributed by atoms with Crippen molar-refractivity contribution < 1.29 is 0 Å². The van der Waals surface area contributed by atoms with E-state index in [1.807, 2.05) is 61.0 Å². The SMILES string of the molecule is Cc1ccnc(NC(C)c2ncnn2-c2ccccc2)c1. The quantitative estimate of drug-likeness (QED) is 0.797. The van der Waals surface area contributed by atoms with Crippen molar-refractivity contribution in [3.05, 3.63) is 66.4 Å². The van der Waals surface area contributed by atoms with Crippen molar-refractivity contribution in [1.82, 2.24) is 19.7 Å². The summed E-state index contributed by atoms with van der Waals surface area (Å²) in [4.78, 5) is 8.70. The summed E-state index contributed by atoms with van der Waals surface area (Å²) >= 11 is 0. The molecule has 0 saturated carbocycles. The van der Waals surface area contributed by atoms with Crippen LogP contribution in [0.3, 0.4) is 0 Å². The lowest BCUT2D eigenvalue weighted by Gasteiger charge is -2.15. The zero-order valence-corrected chi connectivity index (χ0v) is 12.1. The molecule has 0 fully saturated rings. The molecule has 3 aromatic rings. The molecular weight excluding hydrogens is 262 g/mol. The molecule has 2 aromatic heterocycles. The highest BCUT2D eigenvalue weighted by molar-refractivity contribution is 5.39. The van der Waals surface area contributed by atoms with Crippen LogP contribution in [-0.4, -0.2) is 19.7 Å². The predicted molar refractivity (Wildman–Crippen MR) is 82.4 cm³/mol.